The van der Waals surface area contributed by atoms with Crippen LogP contribution in [0.5, 0.6) is 0 Å². The van der Waals surface area contributed by atoms with Gasteiger partial charge in [0.15, 0.2) is 5.58 Å². The summed E-state index contributed by atoms with van der Waals surface area (Å²) in [6, 6.07) is 19.5. The highest BCUT2D eigenvalue weighted by molar-refractivity contribution is 5.74. The molecule has 4 rings (SSSR count). The third-order valence-electron chi connectivity index (χ3n) is 5.15. The molecule has 0 spiro atoms. The first-order valence-corrected chi connectivity index (χ1v) is 9.33. The SMILES string of the molecule is OCC[C@H]1CN(c2nc3ccccc3o2)CCN1CCc1ccccc1. The minimum Gasteiger partial charge on any atom is -0.423 e. The predicted molar refractivity (Wildman–Crippen MR) is 103 cm³/mol. The lowest BCUT2D eigenvalue weighted by atomic mass is 10.1. The summed E-state index contributed by atoms with van der Waals surface area (Å²) in [6.45, 7) is 3.89. The zero-order valence-corrected chi connectivity index (χ0v) is 14.9. The molecule has 1 atom stereocenters. The Hall–Kier alpha value is -2.37. The van der Waals surface area contributed by atoms with Crippen LogP contribution in [0.3, 0.4) is 0 Å². The molecule has 0 unspecified atom stereocenters. The van der Waals surface area contributed by atoms with E-state index in [1.807, 2.05) is 24.3 Å². The number of nitrogens with zero attached hydrogens (tertiary/aromatic N) is 3. The van der Waals surface area contributed by atoms with E-state index >= 15 is 0 Å². The van der Waals surface area contributed by atoms with Gasteiger partial charge in [-0.3, -0.25) is 4.90 Å². The maximum atomic E-state index is 9.51. The van der Waals surface area contributed by atoms with Crippen molar-refractivity contribution in [3.05, 3.63) is 60.2 Å². The summed E-state index contributed by atoms with van der Waals surface area (Å²) in [7, 11) is 0. The molecule has 5 heteroatoms. The van der Waals surface area contributed by atoms with Crippen molar-refractivity contribution in [1.29, 1.82) is 0 Å². The normalized spacial score (nSPS) is 18.5. The third kappa shape index (κ3) is 3.74. The molecule has 0 bridgehead atoms. The molecule has 136 valence electrons. The minimum atomic E-state index is 0.202. The van der Waals surface area contributed by atoms with Crippen LogP contribution >= 0.6 is 0 Å². The van der Waals surface area contributed by atoms with Gasteiger partial charge in [-0.25, -0.2) is 0 Å². The van der Waals surface area contributed by atoms with Crippen molar-refractivity contribution >= 4 is 17.1 Å². The van der Waals surface area contributed by atoms with E-state index in [0.29, 0.717) is 12.1 Å². The summed E-state index contributed by atoms with van der Waals surface area (Å²) in [6.07, 6.45) is 1.80. The summed E-state index contributed by atoms with van der Waals surface area (Å²) in [5.41, 5.74) is 3.08. The van der Waals surface area contributed by atoms with Gasteiger partial charge < -0.3 is 14.4 Å². The van der Waals surface area contributed by atoms with E-state index in [9.17, 15) is 5.11 Å². The first-order chi connectivity index (χ1) is 12.8. The van der Waals surface area contributed by atoms with Crippen molar-refractivity contribution < 1.29 is 9.52 Å². The number of para-hydroxylation sites is 2. The zero-order valence-electron chi connectivity index (χ0n) is 14.9. The second-order valence-corrected chi connectivity index (χ2v) is 6.85. The highest BCUT2D eigenvalue weighted by atomic mass is 16.4. The van der Waals surface area contributed by atoms with Crippen LogP contribution in [-0.2, 0) is 6.42 Å². The van der Waals surface area contributed by atoms with E-state index in [1.54, 1.807) is 0 Å². The molecule has 0 radical (unpaired) electrons. The van der Waals surface area contributed by atoms with Crippen LogP contribution in [0.1, 0.15) is 12.0 Å². The van der Waals surface area contributed by atoms with Crippen LogP contribution in [-0.4, -0.2) is 53.8 Å². The van der Waals surface area contributed by atoms with E-state index in [-0.39, 0.29) is 6.61 Å². The fourth-order valence-electron chi connectivity index (χ4n) is 3.70. The van der Waals surface area contributed by atoms with E-state index in [1.165, 1.54) is 5.56 Å². The molecular weight excluding hydrogens is 326 g/mol. The molecule has 5 nitrogen and oxygen atoms in total. The molecule has 2 heterocycles. The fourth-order valence-corrected chi connectivity index (χ4v) is 3.70. The Morgan fingerprint density at radius 3 is 2.65 bits per heavy atom. The van der Waals surface area contributed by atoms with Gasteiger partial charge in [0.05, 0.1) is 0 Å². The van der Waals surface area contributed by atoms with Gasteiger partial charge in [0.1, 0.15) is 5.52 Å². The molecule has 1 aliphatic rings. The van der Waals surface area contributed by atoms with Gasteiger partial charge in [-0.15, -0.1) is 0 Å². The summed E-state index contributed by atoms with van der Waals surface area (Å²) >= 11 is 0. The van der Waals surface area contributed by atoms with Crippen LogP contribution in [0, 0.1) is 0 Å². The Morgan fingerprint density at radius 1 is 1.04 bits per heavy atom. The van der Waals surface area contributed by atoms with E-state index in [0.717, 1.165) is 50.1 Å². The van der Waals surface area contributed by atoms with Gasteiger partial charge in [0.2, 0.25) is 0 Å². The number of aromatic nitrogens is 1. The molecular formula is C21H25N3O2. The van der Waals surface area contributed by atoms with Crippen LogP contribution in [0.4, 0.5) is 6.01 Å². The molecule has 1 aliphatic heterocycles. The van der Waals surface area contributed by atoms with Crippen LogP contribution in [0.2, 0.25) is 0 Å². The largest absolute Gasteiger partial charge is 0.423 e. The van der Waals surface area contributed by atoms with Crippen molar-refractivity contribution in [3.63, 3.8) is 0 Å². The average molecular weight is 351 g/mol. The second kappa shape index (κ2) is 7.89. The zero-order chi connectivity index (χ0) is 17.8. The Morgan fingerprint density at radius 2 is 1.85 bits per heavy atom. The van der Waals surface area contributed by atoms with Gasteiger partial charge in [-0.05, 0) is 30.5 Å². The molecule has 1 saturated heterocycles. The molecule has 0 aliphatic carbocycles. The lowest BCUT2D eigenvalue weighted by Crippen LogP contribution is -2.54. The minimum absolute atomic E-state index is 0.202. The number of fused-ring (bicyclic) bond motifs is 1. The number of aliphatic hydroxyl groups is 1. The number of piperazine rings is 1. The highest BCUT2D eigenvalue weighted by Crippen LogP contribution is 2.24. The van der Waals surface area contributed by atoms with Gasteiger partial charge in [0, 0.05) is 38.8 Å². The lowest BCUT2D eigenvalue weighted by Gasteiger charge is -2.40. The van der Waals surface area contributed by atoms with Gasteiger partial charge in [0.25, 0.3) is 6.01 Å². The second-order valence-electron chi connectivity index (χ2n) is 6.85. The average Bonchev–Trinajstić information content (AvgIpc) is 3.12. The van der Waals surface area contributed by atoms with Crippen LogP contribution in [0.15, 0.2) is 59.0 Å². The summed E-state index contributed by atoms with van der Waals surface area (Å²) < 4.78 is 5.93. The standard InChI is InChI=1S/C21H25N3O2/c25-15-11-18-16-24(21-22-19-8-4-5-9-20(19)26-21)14-13-23(18)12-10-17-6-2-1-3-7-17/h1-9,18,25H,10-16H2/t18-/m0/s1. The van der Waals surface area contributed by atoms with Crippen molar-refractivity contribution in [2.45, 2.75) is 18.9 Å². The van der Waals surface area contributed by atoms with Gasteiger partial charge in [-0.1, -0.05) is 42.5 Å². The van der Waals surface area contributed by atoms with Crippen molar-refractivity contribution in [2.75, 3.05) is 37.7 Å². The quantitative estimate of drug-likeness (QED) is 0.740. The molecule has 0 saturated carbocycles. The number of benzene rings is 2. The predicted octanol–water partition coefficient (Wildman–Crippen LogP) is 2.94. The number of hydrogen-bond donors (Lipinski definition) is 1. The number of rotatable bonds is 6. The van der Waals surface area contributed by atoms with E-state index < -0.39 is 0 Å². The van der Waals surface area contributed by atoms with Crippen LogP contribution < -0.4 is 4.90 Å². The molecule has 1 aromatic heterocycles. The summed E-state index contributed by atoms with van der Waals surface area (Å²) in [5, 5.41) is 9.51. The topological polar surface area (TPSA) is 52.7 Å². The Labute approximate surface area is 153 Å². The lowest BCUT2D eigenvalue weighted by molar-refractivity contribution is 0.141. The van der Waals surface area contributed by atoms with Crippen molar-refractivity contribution in [3.8, 4) is 0 Å². The number of anilines is 1. The molecule has 1 N–H and O–H groups in total. The first-order valence-electron chi connectivity index (χ1n) is 9.33. The molecule has 2 aromatic carbocycles. The van der Waals surface area contributed by atoms with E-state index in [2.05, 4.69) is 45.1 Å². The number of aliphatic hydroxyl groups excluding tert-OH is 1. The monoisotopic (exact) mass is 351 g/mol. The highest BCUT2D eigenvalue weighted by Gasteiger charge is 2.28. The molecule has 0 amide bonds. The third-order valence-corrected chi connectivity index (χ3v) is 5.15. The van der Waals surface area contributed by atoms with E-state index in [4.69, 9.17) is 4.42 Å². The number of hydrogen-bond acceptors (Lipinski definition) is 5. The smallest absolute Gasteiger partial charge is 0.298 e. The Bertz CT molecular complexity index is 800. The maximum Gasteiger partial charge on any atom is 0.298 e. The summed E-state index contributed by atoms with van der Waals surface area (Å²) in [4.78, 5) is 9.32. The Balaban J connectivity index is 1.43. The first kappa shape index (κ1) is 17.1. The van der Waals surface area contributed by atoms with Crippen molar-refractivity contribution in [2.24, 2.45) is 0 Å². The maximum absolute atomic E-state index is 9.51. The van der Waals surface area contributed by atoms with Gasteiger partial charge in [-0.2, -0.15) is 4.98 Å². The number of oxazole rings is 1. The fraction of sp³-hybridized carbons (Fsp3) is 0.381. The molecule has 1 fully saturated rings. The van der Waals surface area contributed by atoms with Gasteiger partial charge >= 0.3 is 0 Å². The van der Waals surface area contributed by atoms with Crippen LogP contribution in [0.25, 0.3) is 11.1 Å². The van der Waals surface area contributed by atoms with Crippen molar-refractivity contribution in [1.82, 2.24) is 9.88 Å². The summed E-state index contributed by atoms with van der Waals surface area (Å²) in [5.74, 6) is 0. The molecule has 26 heavy (non-hydrogen) atoms. The molecule has 3 aromatic rings. The Kier molecular flexibility index (Phi) is 5.18.